The molecule has 4 rings (SSSR count). The van der Waals surface area contributed by atoms with E-state index in [0.717, 1.165) is 40.5 Å². The van der Waals surface area contributed by atoms with Crippen molar-refractivity contribution in [2.75, 3.05) is 32.7 Å². The number of hydrogen-bond acceptors (Lipinski definition) is 8. The van der Waals surface area contributed by atoms with Crippen molar-refractivity contribution in [2.24, 2.45) is 11.0 Å². The van der Waals surface area contributed by atoms with Crippen molar-refractivity contribution >= 4 is 28.1 Å². The molecule has 31 heavy (non-hydrogen) atoms. The first-order valence-electron chi connectivity index (χ1n) is 10.2. The van der Waals surface area contributed by atoms with Gasteiger partial charge in [0, 0.05) is 49.4 Å². The quantitative estimate of drug-likeness (QED) is 0.487. The monoisotopic (exact) mass is 418 g/mol. The van der Waals surface area contributed by atoms with Crippen LogP contribution in [0.5, 0.6) is 11.5 Å². The van der Waals surface area contributed by atoms with E-state index in [1.807, 2.05) is 30.3 Å². The summed E-state index contributed by atoms with van der Waals surface area (Å²) < 4.78 is 11.0. The molecule has 160 valence electrons. The number of hydrogen-bond donors (Lipinski definition) is 2. The summed E-state index contributed by atoms with van der Waals surface area (Å²) in [6.45, 7) is 0.905. The third-order valence-corrected chi connectivity index (χ3v) is 5.29. The van der Waals surface area contributed by atoms with Gasteiger partial charge >= 0.3 is 0 Å². The zero-order chi connectivity index (χ0) is 21.8. The van der Waals surface area contributed by atoms with Crippen molar-refractivity contribution in [3.05, 3.63) is 54.5 Å². The summed E-state index contributed by atoms with van der Waals surface area (Å²) in [5, 5.41) is 6.44. The van der Waals surface area contributed by atoms with Crippen LogP contribution in [-0.4, -0.2) is 37.8 Å². The Kier molecular flexibility index (Phi) is 5.97. The van der Waals surface area contributed by atoms with Gasteiger partial charge in [-0.1, -0.05) is 0 Å². The Balaban J connectivity index is 1.79. The van der Waals surface area contributed by atoms with Crippen LogP contribution in [0.2, 0.25) is 0 Å². The van der Waals surface area contributed by atoms with Crippen LogP contribution in [0.15, 0.2) is 53.9 Å². The van der Waals surface area contributed by atoms with Gasteiger partial charge in [-0.05, 0) is 37.0 Å². The lowest BCUT2D eigenvalue weighted by Gasteiger charge is -2.26. The Morgan fingerprint density at radius 1 is 1.13 bits per heavy atom. The molecule has 0 saturated heterocycles. The van der Waals surface area contributed by atoms with Gasteiger partial charge in [0.05, 0.1) is 31.4 Å². The number of aromatic nitrogens is 2. The van der Waals surface area contributed by atoms with E-state index in [-0.39, 0.29) is 0 Å². The highest BCUT2D eigenvalue weighted by molar-refractivity contribution is 5.82. The molecule has 1 aliphatic rings. The number of nitrogens with one attached hydrogen (secondary N) is 2. The van der Waals surface area contributed by atoms with Gasteiger partial charge in [-0.25, -0.2) is 10.5 Å². The number of ether oxygens (including phenoxy) is 2. The second-order valence-electron chi connectivity index (χ2n) is 7.48. The molecule has 2 aromatic carbocycles. The first-order chi connectivity index (χ1) is 15.1. The predicted octanol–water partition coefficient (Wildman–Crippen LogP) is 4.74. The van der Waals surface area contributed by atoms with E-state index in [9.17, 15) is 0 Å². The van der Waals surface area contributed by atoms with E-state index in [1.54, 1.807) is 33.7 Å². The van der Waals surface area contributed by atoms with Gasteiger partial charge in [-0.2, -0.15) is 5.11 Å². The maximum atomic E-state index is 7.41. The molecule has 0 amide bonds. The highest BCUT2D eigenvalue weighted by Gasteiger charge is 2.26. The lowest BCUT2D eigenvalue weighted by molar-refractivity contribution is 0.394. The van der Waals surface area contributed by atoms with Gasteiger partial charge in [0.25, 0.3) is 0 Å². The molecule has 0 atom stereocenters. The van der Waals surface area contributed by atoms with Gasteiger partial charge in [-0.15, -0.1) is 0 Å². The molecule has 1 aromatic heterocycles. The lowest BCUT2D eigenvalue weighted by Crippen LogP contribution is -2.20. The molecule has 0 aliphatic heterocycles. The maximum absolute atomic E-state index is 7.41. The third-order valence-electron chi connectivity index (χ3n) is 5.29. The molecule has 0 unspecified atom stereocenters. The van der Waals surface area contributed by atoms with Gasteiger partial charge < -0.3 is 19.7 Å². The van der Waals surface area contributed by atoms with Gasteiger partial charge in [-0.3, -0.25) is 4.98 Å². The van der Waals surface area contributed by atoms with Crippen LogP contribution in [0, 0.1) is 11.4 Å². The lowest BCUT2D eigenvalue weighted by atomic mass is 10.1. The minimum Gasteiger partial charge on any atom is -0.497 e. The largest absolute Gasteiger partial charge is 0.497 e. The summed E-state index contributed by atoms with van der Waals surface area (Å²) >= 11 is 0. The highest BCUT2D eigenvalue weighted by Crippen LogP contribution is 2.38. The number of anilines is 2. The van der Waals surface area contributed by atoms with E-state index < -0.39 is 0 Å². The van der Waals surface area contributed by atoms with E-state index in [0.29, 0.717) is 17.3 Å². The van der Waals surface area contributed by atoms with Crippen LogP contribution in [-0.2, 0) is 0 Å². The van der Waals surface area contributed by atoms with Crippen LogP contribution in [0.4, 0.5) is 11.4 Å². The van der Waals surface area contributed by atoms with Crippen molar-refractivity contribution in [3.8, 4) is 11.5 Å². The summed E-state index contributed by atoms with van der Waals surface area (Å²) in [7, 11) is 5.07. The molecular formula is C23H26N6O2. The minimum absolute atomic E-state index is 0.426. The molecule has 8 heteroatoms. The summed E-state index contributed by atoms with van der Waals surface area (Å²) in [6, 6.07) is 12.0. The molecule has 0 radical (unpaired) electrons. The molecule has 8 nitrogen and oxygen atoms in total. The number of rotatable bonds is 9. The molecule has 1 saturated carbocycles. The molecule has 0 bridgehead atoms. The SMILES string of the molecule is CN/C=C(\N=N)c1cnc2ccc(N(CC3CC3)c3cc(OC)cc(OC)c3)cc2n1. The van der Waals surface area contributed by atoms with Crippen LogP contribution in [0.3, 0.4) is 0 Å². The van der Waals surface area contributed by atoms with Gasteiger partial charge in [0.15, 0.2) is 0 Å². The first-order valence-corrected chi connectivity index (χ1v) is 10.2. The second-order valence-corrected chi connectivity index (χ2v) is 7.48. The molecule has 1 aliphatic carbocycles. The van der Waals surface area contributed by atoms with Crippen LogP contribution < -0.4 is 19.7 Å². The second kappa shape index (κ2) is 8.99. The zero-order valence-electron chi connectivity index (χ0n) is 17.9. The van der Waals surface area contributed by atoms with Gasteiger partial charge in [0.2, 0.25) is 0 Å². The molecule has 1 fully saturated rings. The van der Waals surface area contributed by atoms with Crippen LogP contribution >= 0.6 is 0 Å². The Morgan fingerprint density at radius 3 is 2.48 bits per heavy atom. The smallest absolute Gasteiger partial charge is 0.128 e. The number of methoxy groups -OCH3 is 2. The molecule has 2 N–H and O–H groups in total. The highest BCUT2D eigenvalue weighted by atomic mass is 16.5. The minimum atomic E-state index is 0.426. The average Bonchev–Trinajstić information content (AvgIpc) is 3.64. The van der Waals surface area contributed by atoms with Crippen LogP contribution in [0.25, 0.3) is 16.7 Å². The van der Waals surface area contributed by atoms with Crippen LogP contribution in [0.1, 0.15) is 18.5 Å². The van der Waals surface area contributed by atoms with Crippen molar-refractivity contribution in [1.82, 2.24) is 15.3 Å². The summed E-state index contributed by atoms with van der Waals surface area (Å²) in [4.78, 5) is 11.5. The first kappa shape index (κ1) is 20.6. The summed E-state index contributed by atoms with van der Waals surface area (Å²) in [5.74, 6) is 2.16. The average molecular weight is 419 g/mol. The standard InChI is InChI=1S/C23H26N6O2/c1-25-12-23(28-24)22-13-26-20-7-6-16(10-21(20)27-22)29(14-15-4-5-15)17-8-18(30-2)11-19(9-17)31-3/h6-13,15,24-25H,4-5,14H2,1-3H3/b23-12-,28-24?. The van der Waals surface area contributed by atoms with Crippen molar-refractivity contribution in [3.63, 3.8) is 0 Å². The normalized spacial score (nSPS) is 13.7. The Hall–Kier alpha value is -3.68. The van der Waals surface area contributed by atoms with Gasteiger partial charge in [0.1, 0.15) is 22.9 Å². The fourth-order valence-corrected chi connectivity index (χ4v) is 3.46. The van der Waals surface area contributed by atoms with Crippen molar-refractivity contribution in [1.29, 1.82) is 5.53 Å². The molecule has 1 heterocycles. The topological polar surface area (TPSA) is 95.7 Å². The number of fused-ring (bicyclic) bond motifs is 1. The molecule has 3 aromatic rings. The van der Waals surface area contributed by atoms with E-state index in [4.69, 9.17) is 20.0 Å². The van der Waals surface area contributed by atoms with E-state index >= 15 is 0 Å². The van der Waals surface area contributed by atoms with E-state index in [2.05, 4.69) is 26.4 Å². The number of nitrogens with zero attached hydrogens (tertiary/aromatic N) is 4. The Morgan fingerprint density at radius 2 is 1.87 bits per heavy atom. The summed E-state index contributed by atoms with van der Waals surface area (Å²) in [5.41, 5.74) is 11.9. The Bertz CT molecular complexity index is 1100. The maximum Gasteiger partial charge on any atom is 0.128 e. The molecule has 0 spiro atoms. The molecular weight excluding hydrogens is 392 g/mol. The summed E-state index contributed by atoms with van der Waals surface area (Å²) in [6.07, 6.45) is 5.74. The fraction of sp³-hybridized carbons (Fsp3) is 0.304. The van der Waals surface area contributed by atoms with E-state index in [1.165, 1.54) is 12.8 Å². The predicted molar refractivity (Wildman–Crippen MR) is 121 cm³/mol. The fourth-order valence-electron chi connectivity index (χ4n) is 3.46. The van der Waals surface area contributed by atoms with Crippen molar-refractivity contribution in [2.45, 2.75) is 12.8 Å². The third kappa shape index (κ3) is 4.58. The Labute approximate surface area is 181 Å². The number of benzene rings is 2. The van der Waals surface area contributed by atoms with Crippen molar-refractivity contribution < 1.29 is 9.47 Å². The zero-order valence-corrected chi connectivity index (χ0v) is 17.9.